The summed E-state index contributed by atoms with van der Waals surface area (Å²) >= 11 is 0. The van der Waals surface area contributed by atoms with Crippen LogP contribution in [0.4, 0.5) is 0 Å². The zero-order valence-corrected chi connectivity index (χ0v) is 14.0. The average molecular weight is 413 g/mol. The summed E-state index contributed by atoms with van der Waals surface area (Å²) in [6, 6.07) is 0.550. The van der Waals surface area contributed by atoms with Crippen LogP contribution in [-0.4, -0.2) is 6.04 Å². The third-order valence-corrected chi connectivity index (χ3v) is 1.25. The fraction of sp³-hybridized carbons (Fsp3) is 0.667. The molecule has 0 aliphatic carbocycles. The molecular weight excluding hydrogens is 395 g/mol. The number of nitrogens with one attached hydrogen (secondary N) is 1. The molecule has 0 aliphatic rings. The van der Waals surface area contributed by atoms with Gasteiger partial charge in [0, 0.05) is 32.7 Å². The van der Waals surface area contributed by atoms with E-state index in [1.165, 1.54) is 0 Å². The third kappa shape index (κ3) is 14.3. The largest absolute Gasteiger partial charge is 2.00 e. The van der Waals surface area contributed by atoms with Gasteiger partial charge in [-0.3, -0.25) is 12.5 Å². The number of hydrogen-bond donors (Lipinski definition) is 1. The van der Waals surface area contributed by atoms with E-state index in [-0.39, 0.29) is 53.8 Å². The Bertz CT molecular complexity index is 78.9. The first-order valence-electron chi connectivity index (χ1n) is 3.87. The predicted octanol–water partition coefficient (Wildman–Crippen LogP) is 2.21. The van der Waals surface area contributed by atoms with Crippen molar-refractivity contribution >= 4 is 0 Å². The van der Waals surface area contributed by atoms with E-state index in [0.717, 1.165) is 6.42 Å². The summed E-state index contributed by atoms with van der Waals surface area (Å²) in [4.78, 5) is 0. The van der Waals surface area contributed by atoms with Crippen LogP contribution in [0.1, 0.15) is 27.2 Å². The zero-order chi connectivity index (χ0) is 7.98. The van der Waals surface area contributed by atoms with Gasteiger partial charge in [-0.05, 0) is 0 Å². The van der Waals surface area contributed by atoms with Gasteiger partial charge in [0.1, 0.15) is 0 Å². The molecule has 0 aliphatic heterocycles. The Morgan fingerprint density at radius 1 is 1.42 bits per heavy atom. The minimum absolute atomic E-state index is 0. The molecule has 0 amide bonds. The van der Waals surface area contributed by atoms with Crippen LogP contribution in [0.2, 0.25) is 0 Å². The van der Waals surface area contributed by atoms with E-state index >= 15 is 0 Å². The van der Waals surface area contributed by atoms with Crippen molar-refractivity contribution in [3.8, 4) is 0 Å². The first-order chi connectivity index (χ1) is 4.66. The molecule has 0 saturated carbocycles. The fourth-order valence-corrected chi connectivity index (χ4v) is 0.750. The summed E-state index contributed by atoms with van der Waals surface area (Å²) in [5.41, 5.74) is 0. The molecule has 1 N–H and O–H groups in total. The van der Waals surface area contributed by atoms with Gasteiger partial charge in [-0.15, -0.1) is 6.92 Å². The van der Waals surface area contributed by atoms with Crippen molar-refractivity contribution in [2.75, 3.05) is 0 Å². The van der Waals surface area contributed by atoms with Crippen LogP contribution >= 0.6 is 0 Å². The molecule has 0 aromatic carbocycles. The SMILES string of the molecule is [CH2-]C(C)[CH-]NC(C)C[CH-]C.[W+2].[Y]. The van der Waals surface area contributed by atoms with Crippen LogP contribution in [0.25, 0.3) is 0 Å². The van der Waals surface area contributed by atoms with E-state index in [0.29, 0.717) is 12.0 Å². The molecule has 0 bridgehead atoms. The van der Waals surface area contributed by atoms with E-state index in [4.69, 9.17) is 0 Å². The summed E-state index contributed by atoms with van der Waals surface area (Å²) < 4.78 is 0. The minimum Gasteiger partial charge on any atom is -0.472 e. The Balaban J connectivity index is -0.000000405. The van der Waals surface area contributed by atoms with E-state index in [9.17, 15) is 0 Å². The van der Waals surface area contributed by atoms with Gasteiger partial charge in [-0.1, -0.05) is 13.0 Å². The first kappa shape index (κ1) is 19.3. The maximum Gasteiger partial charge on any atom is 2.00 e. The number of rotatable bonds is 5. The molecule has 1 nitrogen and oxygen atoms in total. The molecule has 0 fully saturated rings. The fourth-order valence-electron chi connectivity index (χ4n) is 0.750. The van der Waals surface area contributed by atoms with E-state index in [1.54, 1.807) is 0 Å². The Hall–Kier alpha value is 1.75. The summed E-state index contributed by atoms with van der Waals surface area (Å²) in [5, 5.41) is 3.26. The van der Waals surface area contributed by atoms with Gasteiger partial charge in [-0.25, -0.2) is 0 Å². The maximum absolute atomic E-state index is 3.84. The third-order valence-electron chi connectivity index (χ3n) is 1.25. The Labute approximate surface area is 117 Å². The molecule has 1 radical (unpaired) electrons. The summed E-state index contributed by atoms with van der Waals surface area (Å²) in [6.45, 7) is 12.2. The van der Waals surface area contributed by atoms with Crippen LogP contribution in [0.5, 0.6) is 0 Å². The number of hydrogen-bond acceptors (Lipinski definition) is 1. The van der Waals surface area contributed by atoms with Crippen LogP contribution in [0.15, 0.2) is 0 Å². The van der Waals surface area contributed by atoms with Gasteiger partial charge in [0.15, 0.2) is 0 Å². The summed E-state index contributed by atoms with van der Waals surface area (Å²) in [6.07, 6.45) is 3.28. The van der Waals surface area contributed by atoms with Crippen molar-refractivity contribution in [2.45, 2.75) is 33.2 Å². The van der Waals surface area contributed by atoms with E-state index < -0.39 is 0 Å². The van der Waals surface area contributed by atoms with Crippen molar-refractivity contribution in [3.05, 3.63) is 19.9 Å². The molecule has 0 rings (SSSR count). The second kappa shape index (κ2) is 12.8. The molecule has 0 aromatic rings. The molecule has 12 heavy (non-hydrogen) atoms. The molecule has 0 aromatic heterocycles. The minimum atomic E-state index is 0. The van der Waals surface area contributed by atoms with Crippen molar-refractivity contribution < 1.29 is 53.8 Å². The Morgan fingerprint density at radius 2 is 1.92 bits per heavy atom. The molecule has 69 valence electrons. The summed E-state index contributed by atoms with van der Waals surface area (Å²) in [7, 11) is 0. The van der Waals surface area contributed by atoms with E-state index in [2.05, 4.69) is 39.4 Å². The van der Waals surface area contributed by atoms with E-state index in [1.807, 2.05) is 6.54 Å². The van der Waals surface area contributed by atoms with Crippen LogP contribution < -0.4 is 5.32 Å². The van der Waals surface area contributed by atoms with Gasteiger partial charge in [0.25, 0.3) is 0 Å². The van der Waals surface area contributed by atoms with Crippen molar-refractivity contribution in [1.29, 1.82) is 0 Å². The van der Waals surface area contributed by atoms with Gasteiger partial charge < -0.3 is 18.7 Å². The molecule has 0 spiro atoms. The molecule has 0 saturated heterocycles. The van der Waals surface area contributed by atoms with Gasteiger partial charge in [0.2, 0.25) is 0 Å². The average Bonchev–Trinajstić information content (AvgIpc) is 1.85. The van der Waals surface area contributed by atoms with Gasteiger partial charge >= 0.3 is 21.1 Å². The zero-order valence-electron chi connectivity index (χ0n) is 8.21. The molecule has 2 atom stereocenters. The molecule has 0 heterocycles. The predicted molar refractivity (Wildman–Crippen MR) is 46.0 cm³/mol. The molecular formula is C9H18NWY-. The Morgan fingerprint density at radius 3 is 2.25 bits per heavy atom. The first-order valence-corrected chi connectivity index (χ1v) is 3.87. The van der Waals surface area contributed by atoms with Crippen molar-refractivity contribution in [3.63, 3.8) is 0 Å². The maximum atomic E-state index is 3.84. The van der Waals surface area contributed by atoms with Crippen LogP contribution in [0, 0.1) is 25.8 Å². The summed E-state index contributed by atoms with van der Waals surface area (Å²) in [5.74, 6) is 0.388. The van der Waals surface area contributed by atoms with Gasteiger partial charge in [0.05, 0.1) is 0 Å². The van der Waals surface area contributed by atoms with Crippen LogP contribution in [0.3, 0.4) is 0 Å². The van der Waals surface area contributed by atoms with Gasteiger partial charge in [-0.2, -0.15) is 13.3 Å². The van der Waals surface area contributed by atoms with Crippen molar-refractivity contribution in [1.82, 2.24) is 5.32 Å². The Kier molecular flexibility index (Phi) is 20.6. The standard InChI is InChI=1S/C9H18N.W.Y/c1-5-6-9(4)10-7-8(2)3;;/h5,7-10H,2,6H2,1,3-4H3;;/q-3;+2;. The smallest absolute Gasteiger partial charge is 0.472 e. The second-order valence-electron chi connectivity index (χ2n) is 2.86. The van der Waals surface area contributed by atoms with Crippen LogP contribution in [-0.2, 0) is 53.8 Å². The molecule has 3 heteroatoms. The van der Waals surface area contributed by atoms with Crippen molar-refractivity contribution in [2.24, 2.45) is 5.92 Å². The topological polar surface area (TPSA) is 12.0 Å². The quantitative estimate of drug-likeness (QED) is 0.683. The normalized spacial score (nSPS) is 14.0. The second-order valence-corrected chi connectivity index (χ2v) is 2.86. The molecule has 2 unspecified atom stereocenters. The monoisotopic (exact) mass is 413 g/mol.